The fraction of sp³-hybridized carbons (Fsp3) is 0.727. The van der Waals surface area contributed by atoms with Gasteiger partial charge in [-0.3, -0.25) is 0 Å². The zero-order chi connectivity index (χ0) is 13.3. The topological polar surface area (TPSA) is 67.2 Å². The second kappa shape index (κ2) is 4.99. The van der Waals surface area contributed by atoms with Gasteiger partial charge in [0.2, 0.25) is 0 Å². The lowest BCUT2D eigenvalue weighted by Gasteiger charge is -2.34. The molecule has 7 heteroatoms. The van der Waals surface area contributed by atoms with Gasteiger partial charge in [-0.05, 0) is 20.8 Å². The Balaban J connectivity index is 2.25. The van der Waals surface area contributed by atoms with Crippen LogP contribution in [0.15, 0.2) is 17.6 Å². The molecule has 2 rings (SSSR count). The molecule has 1 fully saturated rings. The molecule has 1 aromatic heterocycles. The zero-order valence-corrected chi connectivity index (χ0v) is 11.8. The number of imidazole rings is 1. The van der Waals surface area contributed by atoms with Crippen molar-refractivity contribution in [2.45, 2.75) is 44.4 Å². The van der Waals surface area contributed by atoms with Gasteiger partial charge in [-0.25, -0.2) is 13.4 Å². The molecule has 2 unspecified atom stereocenters. The lowest BCUT2D eigenvalue weighted by molar-refractivity contribution is 0.262. The molecule has 0 aromatic carbocycles. The number of hydrogen-bond acceptors (Lipinski definition) is 4. The van der Waals surface area contributed by atoms with Crippen molar-refractivity contribution >= 4 is 10.0 Å². The number of rotatable bonds is 3. The molecule has 102 valence electrons. The minimum atomic E-state index is -3.46. The van der Waals surface area contributed by atoms with Crippen molar-refractivity contribution in [3.63, 3.8) is 0 Å². The summed E-state index contributed by atoms with van der Waals surface area (Å²) in [7, 11) is -3.46. The number of piperazine rings is 1. The Labute approximate surface area is 108 Å². The maximum absolute atomic E-state index is 12.4. The first-order valence-electron chi connectivity index (χ1n) is 6.21. The van der Waals surface area contributed by atoms with Gasteiger partial charge in [0, 0.05) is 37.9 Å². The highest BCUT2D eigenvalue weighted by atomic mass is 32.2. The third-order valence-corrected chi connectivity index (χ3v) is 4.82. The van der Waals surface area contributed by atoms with E-state index in [0.29, 0.717) is 13.1 Å². The number of aryl methyl sites for hydroxylation is 1. The third kappa shape index (κ3) is 2.57. The van der Waals surface area contributed by atoms with Gasteiger partial charge in [-0.2, -0.15) is 4.31 Å². The van der Waals surface area contributed by atoms with Crippen LogP contribution in [-0.2, 0) is 16.6 Å². The maximum atomic E-state index is 12.4. The predicted molar refractivity (Wildman–Crippen MR) is 68.7 cm³/mol. The van der Waals surface area contributed by atoms with Crippen LogP contribution in [-0.4, -0.2) is 47.4 Å². The molecule has 0 saturated carbocycles. The second-order valence-electron chi connectivity index (χ2n) is 4.83. The number of nitrogens with zero attached hydrogens (tertiary/aromatic N) is 3. The van der Waals surface area contributed by atoms with Gasteiger partial charge in [0.1, 0.15) is 0 Å². The number of nitrogens with one attached hydrogen (secondary N) is 1. The molecule has 2 atom stereocenters. The molecule has 0 amide bonds. The smallest absolute Gasteiger partial charge is 0.262 e. The minimum Gasteiger partial charge on any atom is -0.336 e. The van der Waals surface area contributed by atoms with E-state index in [0.717, 1.165) is 6.54 Å². The minimum absolute atomic E-state index is 0.144. The quantitative estimate of drug-likeness (QED) is 0.858. The highest BCUT2D eigenvalue weighted by molar-refractivity contribution is 7.89. The average Bonchev–Trinajstić information content (AvgIpc) is 2.76. The summed E-state index contributed by atoms with van der Waals surface area (Å²) in [5.41, 5.74) is 0. The van der Waals surface area contributed by atoms with Crippen LogP contribution < -0.4 is 5.32 Å². The fourth-order valence-corrected chi connectivity index (χ4v) is 3.80. The molecule has 1 aliphatic heterocycles. The van der Waals surface area contributed by atoms with Crippen LogP contribution in [0.5, 0.6) is 0 Å². The summed E-state index contributed by atoms with van der Waals surface area (Å²) in [4.78, 5) is 4.00. The van der Waals surface area contributed by atoms with Crippen LogP contribution in [0.4, 0.5) is 0 Å². The van der Waals surface area contributed by atoms with Gasteiger partial charge < -0.3 is 9.88 Å². The lowest BCUT2D eigenvalue weighted by Crippen LogP contribution is -2.55. The van der Waals surface area contributed by atoms with E-state index in [9.17, 15) is 8.42 Å². The Kier molecular flexibility index (Phi) is 3.74. The Morgan fingerprint density at radius 3 is 2.50 bits per heavy atom. The van der Waals surface area contributed by atoms with Crippen molar-refractivity contribution < 1.29 is 8.42 Å². The van der Waals surface area contributed by atoms with Crippen LogP contribution in [0.3, 0.4) is 0 Å². The van der Waals surface area contributed by atoms with E-state index in [-0.39, 0.29) is 17.1 Å². The van der Waals surface area contributed by atoms with E-state index in [4.69, 9.17) is 0 Å². The average molecular weight is 272 g/mol. The van der Waals surface area contributed by atoms with Crippen LogP contribution in [0, 0.1) is 0 Å². The van der Waals surface area contributed by atoms with Gasteiger partial charge >= 0.3 is 0 Å². The predicted octanol–water partition coefficient (Wildman–Crippen LogP) is 0.274. The summed E-state index contributed by atoms with van der Waals surface area (Å²) >= 11 is 0. The Morgan fingerprint density at radius 2 is 2.00 bits per heavy atom. The van der Waals surface area contributed by atoms with E-state index in [1.165, 1.54) is 4.31 Å². The van der Waals surface area contributed by atoms with Crippen molar-refractivity contribution in [3.8, 4) is 0 Å². The van der Waals surface area contributed by atoms with Crippen LogP contribution in [0.25, 0.3) is 0 Å². The van der Waals surface area contributed by atoms with Crippen LogP contribution >= 0.6 is 0 Å². The maximum Gasteiger partial charge on any atom is 0.262 e. The number of sulfonamides is 1. The molecule has 2 heterocycles. The van der Waals surface area contributed by atoms with Crippen molar-refractivity contribution in [3.05, 3.63) is 12.5 Å². The van der Waals surface area contributed by atoms with Gasteiger partial charge in [0.25, 0.3) is 10.0 Å². The summed E-state index contributed by atoms with van der Waals surface area (Å²) in [5, 5.41) is 3.46. The molecular weight excluding hydrogens is 252 g/mol. The highest BCUT2D eigenvalue weighted by Gasteiger charge is 2.32. The first-order chi connectivity index (χ1) is 8.43. The van der Waals surface area contributed by atoms with E-state index in [2.05, 4.69) is 10.3 Å². The molecule has 0 spiro atoms. The standard InChI is InChI=1S/C11H20N4O2S/c1-4-14-7-11(12-8-14)18(16,17)15-5-9(2)13-10(3)6-15/h7-10,13H,4-6H2,1-3H3. The third-order valence-electron chi connectivity index (χ3n) is 3.10. The summed E-state index contributed by atoms with van der Waals surface area (Å²) in [6, 6.07) is 0.327. The molecule has 1 N–H and O–H groups in total. The summed E-state index contributed by atoms with van der Waals surface area (Å²) < 4.78 is 28.1. The molecule has 1 aromatic rings. The van der Waals surface area contributed by atoms with Crippen molar-refractivity contribution in [1.82, 2.24) is 19.2 Å². The molecule has 18 heavy (non-hydrogen) atoms. The van der Waals surface area contributed by atoms with Crippen molar-refractivity contribution in [2.75, 3.05) is 13.1 Å². The molecule has 0 aliphatic carbocycles. The fourth-order valence-electron chi connectivity index (χ4n) is 2.25. The molecule has 0 radical (unpaired) electrons. The molecular formula is C11H20N4O2S. The van der Waals surface area contributed by atoms with E-state index in [1.807, 2.05) is 20.8 Å². The van der Waals surface area contributed by atoms with Gasteiger partial charge in [-0.1, -0.05) is 0 Å². The Hall–Kier alpha value is -0.920. The van der Waals surface area contributed by atoms with Crippen LogP contribution in [0.1, 0.15) is 20.8 Å². The molecule has 0 bridgehead atoms. The first-order valence-corrected chi connectivity index (χ1v) is 7.65. The number of aromatic nitrogens is 2. The highest BCUT2D eigenvalue weighted by Crippen LogP contribution is 2.17. The van der Waals surface area contributed by atoms with E-state index < -0.39 is 10.0 Å². The van der Waals surface area contributed by atoms with E-state index in [1.54, 1.807) is 17.1 Å². The summed E-state index contributed by atoms with van der Waals surface area (Å²) in [6.07, 6.45) is 3.15. The molecule has 1 saturated heterocycles. The largest absolute Gasteiger partial charge is 0.336 e. The van der Waals surface area contributed by atoms with Crippen LogP contribution in [0.2, 0.25) is 0 Å². The Bertz CT molecular complexity index is 501. The first kappa shape index (κ1) is 13.5. The van der Waals surface area contributed by atoms with Gasteiger partial charge in [0.15, 0.2) is 5.03 Å². The lowest BCUT2D eigenvalue weighted by atomic mass is 10.2. The SMILES string of the molecule is CCn1cnc(S(=O)(=O)N2CC(C)NC(C)C2)c1. The zero-order valence-electron chi connectivity index (χ0n) is 11.0. The molecule has 1 aliphatic rings. The summed E-state index contributed by atoms with van der Waals surface area (Å²) in [5.74, 6) is 0. The van der Waals surface area contributed by atoms with Crippen molar-refractivity contribution in [2.24, 2.45) is 0 Å². The number of hydrogen-bond donors (Lipinski definition) is 1. The normalized spacial score (nSPS) is 26.4. The Morgan fingerprint density at radius 1 is 1.39 bits per heavy atom. The van der Waals surface area contributed by atoms with Gasteiger partial charge in [-0.15, -0.1) is 0 Å². The summed E-state index contributed by atoms with van der Waals surface area (Å²) in [6.45, 7) is 7.63. The monoisotopic (exact) mass is 272 g/mol. The van der Waals surface area contributed by atoms with Crippen molar-refractivity contribution in [1.29, 1.82) is 0 Å². The van der Waals surface area contributed by atoms with Gasteiger partial charge in [0.05, 0.1) is 6.33 Å². The van der Waals surface area contributed by atoms with E-state index >= 15 is 0 Å². The second-order valence-corrected chi connectivity index (χ2v) is 6.72. The molecule has 6 nitrogen and oxygen atoms in total.